The van der Waals surface area contributed by atoms with E-state index in [2.05, 4.69) is 11.7 Å². The molecule has 114 valence electrons. The van der Waals surface area contributed by atoms with Gasteiger partial charge in [-0.25, -0.2) is 8.42 Å². The van der Waals surface area contributed by atoms with Crippen molar-refractivity contribution in [2.45, 2.75) is 45.2 Å². The summed E-state index contributed by atoms with van der Waals surface area (Å²) >= 11 is 0. The summed E-state index contributed by atoms with van der Waals surface area (Å²) in [6, 6.07) is -0.169. The molecule has 0 aromatic carbocycles. The van der Waals surface area contributed by atoms with Crippen molar-refractivity contribution in [3.05, 3.63) is 24.0 Å². The summed E-state index contributed by atoms with van der Waals surface area (Å²) in [5.74, 6) is 0. The molecule has 1 aromatic rings. The van der Waals surface area contributed by atoms with Gasteiger partial charge in [0.05, 0.1) is 24.5 Å². The summed E-state index contributed by atoms with van der Waals surface area (Å²) in [7, 11) is -3.62. The molecule has 0 fully saturated rings. The average Bonchev–Trinajstić information content (AvgIpc) is 2.61. The summed E-state index contributed by atoms with van der Waals surface area (Å²) in [6.45, 7) is 11.1. The van der Waals surface area contributed by atoms with Crippen molar-refractivity contribution in [1.82, 2.24) is 14.1 Å². The molecule has 0 aliphatic heterocycles. The third kappa shape index (κ3) is 3.11. The molecule has 0 spiro atoms. The van der Waals surface area contributed by atoms with Crippen LogP contribution in [0, 0.1) is 13.8 Å². The SMILES string of the molecule is C=CCN(C(C)C)S(=O)(=O)c1c(C)nn(CCO)c1C. The van der Waals surface area contributed by atoms with Gasteiger partial charge in [-0.2, -0.15) is 9.40 Å². The number of hydrogen-bond donors (Lipinski definition) is 1. The molecule has 20 heavy (non-hydrogen) atoms. The summed E-state index contributed by atoms with van der Waals surface area (Å²) in [5.41, 5.74) is 0.997. The minimum absolute atomic E-state index is 0.0813. The lowest BCUT2D eigenvalue weighted by Crippen LogP contribution is -2.37. The molecule has 0 atom stereocenters. The van der Waals surface area contributed by atoms with E-state index in [0.717, 1.165) is 0 Å². The highest BCUT2D eigenvalue weighted by molar-refractivity contribution is 7.89. The van der Waals surface area contributed by atoms with Crippen LogP contribution < -0.4 is 0 Å². The van der Waals surface area contributed by atoms with Crippen molar-refractivity contribution in [2.75, 3.05) is 13.2 Å². The molecule has 1 aromatic heterocycles. The van der Waals surface area contributed by atoms with Crippen molar-refractivity contribution in [3.8, 4) is 0 Å². The Kier molecular flexibility index (Phi) is 5.50. The Morgan fingerprint density at radius 2 is 2.05 bits per heavy atom. The van der Waals surface area contributed by atoms with Gasteiger partial charge in [0.15, 0.2) is 0 Å². The van der Waals surface area contributed by atoms with Crippen LogP contribution >= 0.6 is 0 Å². The molecule has 0 aliphatic rings. The second-order valence-corrected chi connectivity index (χ2v) is 6.73. The van der Waals surface area contributed by atoms with Crippen molar-refractivity contribution in [2.24, 2.45) is 0 Å². The van der Waals surface area contributed by atoms with E-state index in [1.807, 2.05) is 13.8 Å². The lowest BCUT2D eigenvalue weighted by Gasteiger charge is -2.24. The minimum atomic E-state index is -3.62. The fraction of sp³-hybridized carbons (Fsp3) is 0.615. The van der Waals surface area contributed by atoms with Gasteiger partial charge >= 0.3 is 0 Å². The largest absolute Gasteiger partial charge is 0.394 e. The number of aromatic nitrogens is 2. The Balaban J connectivity index is 3.37. The highest BCUT2D eigenvalue weighted by Gasteiger charge is 2.31. The minimum Gasteiger partial charge on any atom is -0.394 e. The number of sulfonamides is 1. The topological polar surface area (TPSA) is 75.4 Å². The summed E-state index contributed by atoms with van der Waals surface area (Å²) < 4.78 is 28.5. The molecule has 0 radical (unpaired) electrons. The Hall–Kier alpha value is -1.18. The number of hydrogen-bond acceptors (Lipinski definition) is 4. The van der Waals surface area contributed by atoms with E-state index in [1.54, 1.807) is 19.9 Å². The summed E-state index contributed by atoms with van der Waals surface area (Å²) in [6.07, 6.45) is 1.57. The zero-order chi connectivity index (χ0) is 15.5. The first kappa shape index (κ1) is 16.9. The molecular formula is C13H23N3O3S. The van der Waals surface area contributed by atoms with Crippen LogP contribution in [0.4, 0.5) is 0 Å². The van der Waals surface area contributed by atoms with E-state index in [4.69, 9.17) is 5.11 Å². The fourth-order valence-electron chi connectivity index (χ4n) is 2.20. The molecule has 1 rings (SSSR count). The van der Waals surface area contributed by atoms with Gasteiger partial charge in [0, 0.05) is 12.6 Å². The fourth-order valence-corrected chi connectivity index (χ4v) is 4.18. The Labute approximate surface area is 120 Å². The van der Waals surface area contributed by atoms with Crippen LogP contribution in [0.15, 0.2) is 17.6 Å². The summed E-state index contributed by atoms with van der Waals surface area (Å²) in [5, 5.41) is 13.2. The van der Waals surface area contributed by atoms with Crippen LogP contribution in [-0.4, -0.2) is 46.8 Å². The second kappa shape index (κ2) is 6.51. The van der Waals surface area contributed by atoms with Crippen LogP contribution in [-0.2, 0) is 16.6 Å². The van der Waals surface area contributed by atoms with E-state index in [0.29, 0.717) is 11.4 Å². The van der Waals surface area contributed by atoms with Gasteiger partial charge in [0.2, 0.25) is 10.0 Å². The monoisotopic (exact) mass is 301 g/mol. The number of aliphatic hydroxyl groups excluding tert-OH is 1. The number of nitrogens with zero attached hydrogens (tertiary/aromatic N) is 3. The van der Waals surface area contributed by atoms with Crippen LogP contribution in [0.2, 0.25) is 0 Å². The lowest BCUT2D eigenvalue weighted by atomic mass is 10.4. The van der Waals surface area contributed by atoms with Gasteiger partial charge in [-0.3, -0.25) is 4.68 Å². The average molecular weight is 301 g/mol. The van der Waals surface area contributed by atoms with Crippen LogP contribution in [0.3, 0.4) is 0 Å². The standard InChI is InChI=1S/C13H23N3O3S/c1-6-7-16(10(2)3)20(18,19)13-11(4)14-15(8-9-17)12(13)5/h6,10,17H,1,7-9H2,2-5H3. The van der Waals surface area contributed by atoms with Gasteiger partial charge in [-0.15, -0.1) is 6.58 Å². The quantitative estimate of drug-likeness (QED) is 0.765. The number of rotatable bonds is 7. The Morgan fingerprint density at radius 1 is 1.45 bits per heavy atom. The van der Waals surface area contributed by atoms with Gasteiger partial charge in [0.25, 0.3) is 0 Å². The maximum absolute atomic E-state index is 12.8. The molecule has 0 amide bonds. The lowest BCUT2D eigenvalue weighted by molar-refractivity contribution is 0.267. The highest BCUT2D eigenvalue weighted by atomic mass is 32.2. The third-order valence-electron chi connectivity index (χ3n) is 3.08. The first-order valence-corrected chi connectivity index (χ1v) is 7.99. The molecular weight excluding hydrogens is 278 g/mol. The van der Waals surface area contributed by atoms with Gasteiger partial charge in [-0.05, 0) is 27.7 Å². The molecule has 1 heterocycles. The smallest absolute Gasteiger partial charge is 0.247 e. The maximum atomic E-state index is 12.8. The van der Waals surface area contributed by atoms with E-state index >= 15 is 0 Å². The molecule has 0 saturated carbocycles. The maximum Gasteiger partial charge on any atom is 0.247 e. The van der Waals surface area contributed by atoms with Crippen LogP contribution in [0.5, 0.6) is 0 Å². The first-order chi connectivity index (χ1) is 9.27. The summed E-state index contributed by atoms with van der Waals surface area (Å²) in [4.78, 5) is 0.224. The van der Waals surface area contributed by atoms with Crippen molar-refractivity contribution >= 4 is 10.0 Å². The zero-order valence-electron chi connectivity index (χ0n) is 12.5. The number of aryl methyl sites for hydroxylation is 1. The van der Waals surface area contributed by atoms with Crippen molar-refractivity contribution in [3.63, 3.8) is 0 Å². The molecule has 0 unspecified atom stereocenters. The Bertz CT molecular complexity index is 576. The number of aliphatic hydroxyl groups is 1. The first-order valence-electron chi connectivity index (χ1n) is 6.55. The highest BCUT2D eigenvalue weighted by Crippen LogP contribution is 2.24. The van der Waals surface area contributed by atoms with E-state index in [-0.39, 0.29) is 30.6 Å². The zero-order valence-corrected chi connectivity index (χ0v) is 13.3. The Morgan fingerprint density at radius 3 is 2.50 bits per heavy atom. The molecule has 6 nitrogen and oxygen atoms in total. The third-order valence-corrected chi connectivity index (χ3v) is 5.37. The predicted octanol–water partition coefficient (Wildman–Crippen LogP) is 1.08. The van der Waals surface area contributed by atoms with Crippen LogP contribution in [0.25, 0.3) is 0 Å². The molecule has 0 aliphatic carbocycles. The molecule has 0 saturated heterocycles. The van der Waals surface area contributed by atoms with Crippen LogP contribution in [0.1, 0.15) is 25.2 Å². The van der Waals surface area contributed by atoms with E-state index in [1.165, 1.54) is 8.99 Å². The molecule has 7 heteroatoms. The van der Waals surface area contributed by atoms with Crippen molar-refractivity contribution < 1.29 is 13.5 Å². The van der Waals surface area contributed by atoms with Gasteiger partial charge in [-0.1, -0.05) is 6.08 Å². The van der Waals surface area contributed by atoms with Crippen molar-refractivity contribution in [1.29, 1.82) is 0 Å². The van der Waals surface area contributed by atoms with E-state index in [9.17, 15) is 8.42 Å². The van der Waals surface area contributed by atoms with E-state index < -0.39 is 10.0 Å². The predicted molar refractivity (Wildman–Crippen MR) is 78.0 cm³/mol. The normalized spacial score (nSPS) is 12.3. The van der Waals surface area contributed by atoms with Gasteiger partial charge in [0.1, 0.15) is 4.90 Å². The molecule has 1 N–H and O–H groups in total. The second-order valence-electron chi connectivity index (χ2n) is 4.90. The van der Waals surface area contributed by atoms with Gasteiger partial charge < -0.3 is 5.11 Å². The molecule has 0 bridgehead atoms.